The molecule has 0 saturated carbocycles. The van der Waals surface area contributed by atoms with Crippen molar-refractivity contribution < 1.29 is 10.0 Å². The molecule has 1 unspecified atom stereocenters. The molecule has 0 heterocycles. The number of hydrogen-bond donors (Lipinski definition) is 1. The molecule has 2 rings (SSSR count). The van der Waals surface area contributed by atoms with Crippen molar-refractivity contribution in [1.82, 2.24) is 0 Å². The van der Waals surface area contributed by atoms with Gasteiger partial charge in [-0.1, -0.05) is 52.3 Å². The molecule has 1 atom stereocenters. The van der Waals surface area contributed by atoms with Crippen LogP contribution in [0.4, 0.5) is 5.69 Å². The Bertz CT molecular complexity index is 586. The monoisotopic (exact) mass is 321 g/mol. The van der Waals surface area contributed by atoms with Crippen LogP contribution in [0.1, 0.15) is 17.2 Å². The first kappa shape index (κ1) is 13.7. The zero-order valence-electron chi connectivity index (χ0n) is 9.99. The smallest absolute Gasteiger partial charge is 0.273 e. The molecule has 1 N–H and O–H groups in total. The number of nitrogens with zero attached hydrogens (tertiary/aromatic N) is 1. The third kappa shape index (κ3) is 3.39. The summed E-state index contributed by atoms with van der Waals surface area (Å²) in [7, 11) is 0. The third-order valence-electron chi connectivity index (χ3n) is 2.84. The fourth-order valence-corrected chi connectivity index (χ4v) is 2.23. The molecule has 0 radical (unpaired) electrons. The number of hydrogen-bond acceptors (Lipinski definition) is 3. The van der Waals surface area contributed by atoms with Gasteiger partial charge in [-0.25, -0.2) is 0 Å². The zero-order valence-corrected chi connectivity index (χ0v) is 11.6. The molecular formula is C14H12BrNO3. The van der Waals surface area contributed by atoms with Crippen molar-refractivity contribution in [3.05, 3.63) is 74.2 Å². The first-order chi connectivity index (χ1) is 9.08. The average molecular weight is 322 g/mol. The van der Waals surface area contributed by atoms with E-state index in [1.54, 1.807) is 24.3 Å². The van der Waals surface area contributed by atoms with Gasteiger partial charge in [-0.05, 0) is 11.6 Å². The molecule has 0 amide bonds. The second kappa shape index (κ2) is 5.95. The van der Waals surface area contributed by atoms with E-state index in [1.807, 2.05) is 18.2 Å². The minimum Gasteiger partial charge on any atom is -0.388 e. The van der Waals surface area contributed by atoms with Crippen molar-refractivity contribution in [2.45, 2.75) is 12.5 Å². The van der Waals surface area contributed by atoms with Gasteiger partial charge in [-0.3, -0.25) is 10.1 Å². The summed E-state index contributed by atoms with van der Waals surface area (Å²) < 4.78 is 0.650. The van der Waals surface area contributed by atoms with Crippen molar-refractivity contribution in [2.75, 3.05) is 0 Å². The molecule has 2 aromatic carbocycles. The van der Waals surface area contributed by atoms with Crippen LogP contribution >= 0.6 is 15.9 Å². The maximum absolute atomic E-state index is 11.0. The molecule has 0 aliphatic rings. The average Bonchev–Trinajstić information content (AvgIpc) is 2.41. The van der Waals surface area contributed by atoms with Crippen molar-refractivity contribution >= 4 is 21.6 Å². The molecule has 2 aromatic rings. The van der Waals surface area contributed by atoms with E-state index in [1.165, 1.54) is 6.07 Å². The van der Waals surface area contributed by atoms with Gasteiger partial charge in [-0.15, -0.1) is 0 Å². The molecule has 0 bridgehead atoms. The minimum atomic E-state index is -0.749. The quantitative estimate of drug-likeness (QED) is 0.690. The topological polar surface area (TPSA) is 63.4 Å². The zero-order chi connectivity index (χ0) is 13.8. The van der Waals surface area contributed by atoms with Crippen LogP contribution in [0.5, 0.6) is 0 Å². The van der Waals surface area contributed by atoms with E-state index in [4.69, 9.17) is 0 Å². The van der Waals surface area contributed by atoms with Gasteiger partial charge in [-0.2, -0.15) is 0 Å². The highest BCUT2D eigenvalue weighted by atomic mass is 79.9. The number of benzene rings is 2. The van der Waals surface area contributed by atoms with Crippen LogP contribution in [0.3, 0.4) is 0 Å². The summed E-state index contributed by atoms with van der Waals surface area (Å²) in [5.74, 6) is 0. The van der Waals surface area contributed by atoms with E-state index in [0.717, 1.165) is 5.56 Å². The number of nitro benzene ring substituents is 1. The van der Waals surface area contributed by atoms with Gasteiger partial charge < -0.3 is 5.11 Å². The third-order valence-corrected chi connectivity index (χ3v) is 3.33. The van der Waals surface area contributed by atoms with Crippen LogP contribution in [0.25, 0.3) is 0 Å². The molecule has 0 saturated heterocycles. The summed E-state index contributed by atoms with van der Waals surface area (Å²) in [6.07, 6.45) is -0.533. The maximum atomic E-state index is 11.0. The van der Waals surface area contributed by atoms with Crippen LogP contribution in [-0.4, -0.2) is 10.0 Å². The molecular weight excluding hydrogens is 310 g/mol. The molecule has 4 nitrogen and oxygen atoms in total. The molecule has 0 aromatic heterocycles. The van der Waals surface area contributed by atoms with Crippen LogP contribution in [0.2, 0.25) is 0 Å². The molecule has 0 spiro atoms. The van der Waals surface area contributed by atoms with Gasteiger partial charge in [0.15, 0.2) is 0 Å². The van der Waals surface area contributed by atoms with Gasteiger partial charge in [0.25, 0.3) is 5.69 Å². The highest BCUT2D eigenvalue weighted by Gasteiger charge is 2.18. The van der Waals surface area contributed by atoms with Crippen molar-refractivity contribution in [2.24, 2.45) is 0 Å². The predicted octanol–water partition coefficient (Wildman–Crippen LogP) is 3.63. The lowest BCUT2D eigenvalue weighted by Gasteiger charge is -2.11. The van der Waals surface area contributed by atoms with Crippen LogP contribution < -0.4 is 0 Å². The van der Waals surface area contributed by atoms with E-state index < -0.39 is 11.0 Å². The lowest BCUT2D eigenvalue weighted by Crippen LogP contribution is -2.04. The normalized spacial score (nSPS) is 12.1. The Morgan fingerprint density at radius 2 is 1.89 bits per heavy atom. The van der Waals surface area contributed by atoms with Crippen molar-refractivity contribution in [1.29, 1.82) is 0 Å². The summed E-state index contributed by atoms with van der Waals surface area (Å²) in [5.41, 5.74) is 1.29. The molecule has 19 heavy (non-hydrogen) atoms. The fourth-order valence-electron chi connectivity index (χ4n) is 1.88. The SMILES string of the molecule is O=[N+]([O-])c1cc(Br)ccc1CC(O)c1ccccc1. The van der Waals surface area contributed by atoms with Gasteiger partial charge in [0, 0.05) is 22.5 Å². The molecule has 0 fully saturated rings. The van der Waals surface area contributed by atoms with E-state index in [-0.39, 0.29) is 12.1 Å². The lowest BCUT2D eigenvalue weighted by atomic mass is 10.0. The second-order valence-electron chi connectivity index (χ2n) is 4.16. The van der Waals surface area contributed by atoms with Crippen LogP contribution in [-0.2, 0) is 6.42 Å². The van der Waals surface area contributed by atoms with E-state index in [2.05, 4.69) is 15.9 Å². The fraction of sp³-hybridized carbons (Fsp3) is 0.143. The molecule has 98 valence electrons. The lowest BCUT2D eigenvalue weighted by molar-refractivity contribution is -0.385. The highest BCUT2D eigenvalue weighted by molar-refractivity contribution is 9.10. The van der Waals surface area contributed by atoms with Crippen molar-refractivity contribution in [3.8, 4) is 0 Å². The van der Waals surface area contributed by atoms with Gasteiger partial charge >= 0.3 is 0 Å². The summed E-state index contributed by atoms with van der Waals surface area (Å²) in [5, 5.41) is 21.1. The molecule has 5 heteroatoms. The Hall–Kier alpha value is -1.72. The first-order valence-electron chi connectivity index (χ1n) is 5.74. The van der Waals surface area contributed by atoms with Crippen LogP contribution in [0.15, 0.2) is 53.0 Å². The van der Waals surface area contributed by atoms with Gasteiger partial charge in [0.1, 0.15) is 0 Å². The Morgan fingerprint density at radius 3 is 2.53 bits per heavy atom. The second-order valence-corrected chi connectivity index (χ2v) is 5.08. The summed E-state index contributed by atoms with van der Waals surface area (Å²) in [6, 6.07) is 14.0. The Labute approximate surface area is 119 Å². The molecule has 0 aliphatic heterocycles. The van der Waals surface area contributed by atoms with E-state index >= 15 is 0 Å². The summed E-state index contributed by atoms with van der Waals surface area (Å²) in [6.45, 7) is 0. The minimum absolute atomic E-state index is 0.0179. The Kier molecular flexibility index (Phi) is 4.29. The van der Waals surface area contributed by atoms with Gasteiger partial charge in [0.05, 0.1) is 11.0 Å². The Balaban J connectivity index is 2.26. The number of aliphatic hydroxyl groups is 1. The van der Waals surface area contributed by atoms with Crippen LogP contribution in [0, 0.1) is 10.1 Å². The number of aliphatic hydroxyl groups excluding tert-OH is 1. The Morgan fingerprint density at radius 1 is 1.21 bits per heavy atom. The predicted molar refractivity (Wildman–Crippen MR) is 75.9 cm³/mol. The number of halogens is 1. The highest BCUT2D eigenvalue weighted by Crippen LogP contribution is 2.27. The number of rotatable bonds is 4. The van der Waals surface area contributed by atoms with E-state index in [0.29, 0.717) is 10.0 Å². The summed E-state index contributed by atoms with van der Waals surface area (Å²) in [4.78, 5) is 10.6. The maximum Gasteiger partial charge on any atom is 0.273 e. The van der Waals surface area contributed by atoms with Crippen molar-refractivity contribution in [3.63, 3.8) is 0 Å². The summed E-state index contributed by atoms with van der Waals surface area (Å²) >= 11 is 3.21. The van der Waals surface area contributed by atoms with Gasteiger partial charge in [0.2, 0.25) is 0 Å². The first-order valence-corrected chi connectivity index (χ1v) is 6.53. The van der Waals surface area contributed by atoms with E-state index in [9.17, 15) is 15.2 Å². The number of nitro groups is 1. The molecule has 0 aliphatic carbocycles. The standard InChI is InChI=1S/C14H12BrNO3/c15-12-7-6-11(13(9-12)16(18)19)8-14(17)10-4-2-1-3-5-10/h1-7,9,14,17H,8H2. The largest absolute Gasteiger partial charge is 0.388 e.